The van der Waals surface area contributed by atoms with Crippen LogP contribution < -0.4 is 5.73 Å². The Labute approximate surface area is 167 Å². The molecule has 1 aromatic carbocycles. The first-order valence-corrected chi connectivity index (χ1v) is 10.7. The molecule has 1 aromatic heterocycles. The van der Waals surface area contributed by atoms with Gasteiger partial charge in [-0.25, -0.2) is 0 Å². The van der Waals surface area contributed by atoms with Crippen LogP contribution in [-0.4, -0.2) is 27.6 Å². The molecule has 2 saturated carbocycles. The molecule has 0 unspecified atom stereocenters. The molecular weight excluding hydrogens is 348 g/mol. The van der Waals surface area contributed by atoms with Gasteiger partial charge in [0.1, 0.15) is 0 Å². The van der Waals surface area contributed by atoms with E-state index >= 15 is 0 Å². The Hall–Kier alpha value is -1.91. The van der Waals surface area contributed by atoms with Crippen LogP contribution in [-0.2, 0) is 13.5 Å². The van der Waals surface area contributed by atoms with Gasteiger partial charge in [-0.3, -0.25) is 4.79 Å². The summed E-state index contributed by atoms with van der Waals surface area (Å²) in [6, 6.07) is 13.0. The maximum atomic E-state index is 12.7. The number of Topliss-reactive ketones (excluding diaryl/α,β-unsaturated/α-hetero) is 1. The minimum absolute atomic E-state index is 0.0291. The van der Waals surface area contributed by atoms with Gasteiger partial charge in [0.05, 0.1) is 12.3 Å². The molecule has 2 aromatic rings. The molecule has 150 valence electrons. The third-order valence-corrected chi connectivity index (χ3v) is 6.72. The summed E-state index contributed by atoms with van der Waals surface area (Å²) in [5.74, 6) is 1.33. The SMILES string of the molecule is Cn1c(C(=O)CCCc2ccc(C3CC3)cc2)ccc1[C@H]1CC[C@](N)(CO)C1. The summed E-state index contributed by atoms with van der Waals surface area (Å²) in [6.07, 6.45) is 7.65. The monoisotopic (exact) mass is 380 g/mol. The first-order chi connectivity index (χ1) is 13.5. The highest BCUT2D eigenvalue weighted by Gasteiger charge is 2.37. The van der Waals surface area contributed by atoms with Gasteiger partial charge in [0.2, 0.25) is 0 Å². The third kappa shape index (κ3) is 4.08. The third-order valence-electron chi connectivity index (χ3n) is 6.72. The number of aliphatic hydroxyl groups excluding tert-OH is 1. The zero-order valence-electron chi connectivity index (χ0n) is 16.9. The van der Waals surface area contributed by atoms with Crippen LogP contribution in [0.1, 0.15) is 84.1 Å². The molecule has 2 aliphatic carbocycles. The quantitative estimate of drug-likeness (QED) is 0.679. The van der Waals surface area contributed by atoms with Gasteiger partial charge in [-0.05, 0) is 74.1 Å². The maximum absolute atomic E-state index is 12.7. The van der Waals surface area contributed by atoms with Crippen molar-refractivity contribution in [3.63, 3.8) is 0 Å². The maximum Gasteiger partial charge on any atom is 0.179 e. The number of aromatic nitrogens is 1. The van der Waals surface area contributed by atoms with Crippen LogP contribution in [0.2, 0.25) is 0 Å². The van der Waals surface area contributed by atoms with Gasteiger partial charge < -0.3 is 15.4 Å². The second kappa shape index (κ2) is 7.84. The van der Waals surface area contributed by atoms with Crippen molar-refractivity contribution >= 4 is 5.78 Å². The van der Waals surface area contributed by atoms with E-state index in [1.54, 1.807) is 0 Å². The lowest BCUT2D eigenvalue weighted by atomic mass is 9.97. The smallest absolute Gasteiger partial charge is 0.179 e. The number of benzene rings is 1. The molecule has 28 heavy (non-hydrogen) atoms. The number of hydrogen-bond donors (Lipinski definition) is 2. The zero-order valence-corrected chi connectivity index (χ0v) is 16.9. The van der Waals surface area contributed by atoms with Gasteiger partial charge in [-0.1, -0.05) is 24.3 Å². The van der Waals surface area contributed by atoms with E-state index in [2.05, 4.69) is 30.3 Å². The number of nitrogens with zero attached hydrogens (tertiary/aromatic N) is 1. The summed E-state index contributed by atoms with van der Waals surface area (Å²) in [6.45, 7) is 0.0291. The Bertz CT molecular complexity index is 835. The Balaban J connectivity index is 1.32. The van der Waals surface area contributed by atoms with Crippen molar-refractivity contribution in [2.75, 3.05) is 6.61 Å². The molecule has 2 aliphatic rings. The highest BCUT2D eigenvalue weighted by Crippen LogP contribution is 2.40. The summed E-state index contributed by atoms with van der Waals surface area (Å²) in [7, 11) is 1.98. The number of carbonyl (C=O) groups excluding carboxylic acids is 1. The summed E-state index contributed by atoms with van der Waals surface area (Å²) in [5.41, 5.74) is 10.5. The van der Waals surface area contributed by atoms with Crippen molar-refractivity contribution in [2.45, 2.75) is 68.7 Å². The average Bonchev–Trinajstić information content (AvgIpc) is 3.37. The normalized spacial score (nSPS) is 24.6. The van der Waals surface area contributed by atoms with E-state index < -0.39 is 5.54 Å². The summed E-state index contributed by atoms with van der Waals surface area (Å²) >= 11 is 0. The number of carbonyl (C=O) groups is 1. The highest BCUT2D eigenvalue weighted by atomic mass is 16.3. The predicted octanol–water partition coefficient (Wildman–Crippen LogP) is 4.07. The minimum atomic E-state index is -0.464. The van der Waals surface area contributed by atoms with Gasteiger partial charge in [0.15, 0.2) is 5.78 Å². The number of hydrogen-bond acceptors (Lipinski definition) is 3. The Morgan fingerprint density at radius 2 is 1.89 bits per heavy atom. The first kappa shape index (κ1) is 19.4. The molecule has 0 saturated heterocycles. The van der Waals surface area contributed by atoms with Crippen LogP contribution >= 0.6 is 0 Å². The molecule has 4 rings (SSSR count). The molecule has 3 N–H and O–H groups in total. The lowest BCUT2D eigenvalue weighted by Crippen LogP contribution is -2.40. The molecule has 0 spiro atoms. The van der Waals surface area contributed by atoms with E-state index in [0.717, 1.165) is 43.7 Å². The van der Waals surface area contributed by atoms with E-state index in [4.69, 9.17) is 5.73 Å². The van der Waals surface area contributed by atoms with Gasteiger partial charge in [0, 0.05) is 30.6 Å². The van der Waals surface area contributed by atoms with E-state index in [1.807, 2.05) is 17.7 Å². The van der Waals surface area contributed by atoms with E-state index in [9.17, 15) is 9.90 Å². The highest BCUT2D eigenvalue weighted by molar-refractivity contribution is 5.94. The number of aliphatic hydroxyl groups is 1. The fraction of sp³-hybridized carbons (Fsp3) is 0.542. The standard InChI is InChI=1S/C24H32N2O2/c1-26-21(20-13-14-24(25,15-20)16-27)11-12-22(26)23(28)4-2-3-17-5-7-18(8-6-17)19-9-10-19/h5-8,11-12,19-20,27H,2-4,9-10,13-16,25H2,1H3/t20-,24+/m0/s1. The van der Waals surface area contributed by atoms with Crippen LogP contribution in [0.15, 0.2) is 36.4 Å². The molecule has 1 heterocycles. The number of nitrogens with two attached hydrogens (primary N) is 1. The number of aryl methyl sites for hydroxylation is 1. The van der Waals surface area contributed by atoms with Crippen molar-refractivity contribution < 1.29 is 9.90 Å². The van der Waals surface area contributed by atoms with Gasteiger partial charge in [-0.15, -0.1) is 0 Å². The molecule has 2 atom stereocenters. The van der Waals surface area contributed by atoms with Crippen LogP contribution in [0.25, 0.3) is 0 Å². The fourth-order valence-electron chi connectivity index (χ4n) is 4.72. The Morgan fingerprint density at radius 3 is 2.54 bits per heavy atom. The van der Waals surface area contributed by atoms with Crippen molar-refractivity contribution in [3.8, 4) is 0 Å². The molecule has 0 bridgehead atoms. The van der Waals surface area contributed by atoms with Gasteiger partial charge in [-0.2, -0.15) is 0 Å². The fourth-order valence-corrected chi connectivity index (χ4v) is 4.72. The number of rotatable bonds is 8. The van der Waals surface area contributed by atoms with E-state index in [0.29, 0.717) is 12.3 Å². The van der Waals surface area contributed by atoms with Crippen molar-refractivity contribution in [3.05, 3.63) is 58.9 Å². The summed E-state index contributed by atoms with van der Waals surface area (Å²) < 4.78 is 2.04. The second-order valence-electron chi connectivity index (χ2n) is 8.96. The van der Waals surface area contributed by atoms with Crippen molar-refractivity contribution in [2.24, 2.45) is 12.8 Å². The zero-order chi connectivity index (χ0) is 19.7. The summed E-state index contributed by atoms with van der Waals surface area (Å²) in [4.78, 5) is 12.7. The van der Waals surface area contributed by atoms with Crippen LogP contribution in [0.5, 0.6) is 0 Å². The van der Waals surface area contributed by atoms with Gasteiger partial charge >= 0.3 is 0 Å². The lowest BCUT2D eigenvalue weighted by Gasteiger charge is -2.21. The van der Waals surface area contributed by atoms with E-state index in [-0.39, 0.29) is 12.4 Å². The first-order valence-electron chi connectivity index (χ1n) is 10.7. The van der Waals surface area contributed by atoms with E-state index in [1.165, 1.54) is 29.7 Å². The molecule has 4 nitrogen and oxygen atoms in total. The molecule has 2 fully saturated rings. The Kier molecular flexibility index (Phi) is 5.44. The number of ketones is 1. The molecule has 0 amide bonds. The molecule has 4 heteroatoms. The molecular formula is C24H32N2O2. The second-order valence-corrected chi connectivity index (χ2v) is 8.96. The largest absolute Gasteiger partial charge is 0.394 e. The van der Waals surface area contributed by atoms with Crippen molar-refractivity contribution in [1.82, 2.24) is 4.57 Å². The molecule has 0 aliphatic heterocycles. The van der Waals surface area contributed by atoms with Crippen LogP contribution in [0.3, 0.4) is 0 Å². The summed E-state index contributed by atoms with van der Waals surface area (Å²) in [5, 5.41) is 9.50. The Morgan fingerprint density at radius 1 is 1.14 bits per heavy atom. The average molecular weight is 381 g/mol. The van der Waals surface area contributed by atoms with Crippen molar-refractivity contribution in [1.29, 1.82) is 0 Å². The lowest BCUT2D eigenvalue weighted by molar-refractivity contribution is 0.0972. The van der Waals surface area contributed by atoms with Crippen LogP contribution in [0, 0.1) is 0 Å². The van der Waals surface area contributed by atoms with Gasteiger partial charge in [0.25, 0.3) is 0 Å². The predicted molar refractivity (Wildman–Crippen MR) is 112 cm³/mol. The molecule has 0 radical (unpaired) electrons. The van der Waals surface area contributed by atoms with Crippen LogP contribution in [0.4, 0.5) is 0 Å². The topological polar surface area (TPSA) is 68.2 Å². The minimum Gasteiger partial charge on any atom is -0.394 e.